The number of carbonyl (C=O) groups excluding carboxylic acids is 1. The molecule has 1 aliphatic rings. The summed E-state index contributed by atoms with van der Waals surface area (Å²) >= 11 is 0. The molecule has 0 bridgehead atoms. The molecule has 7 nitrogen and oxygen atoms in total. The molecule has 1 unspecified atom stereocenters. The Morgan fingerprint density at radius 3 is 2.50 bits per heavy atom. The van der Waals surface area contributed by atoms with Crippen LogP contribution in [0.3, 0.4) is 0 Å². The van der Waals surface area contributed by atoms with E-state index in [1.807, 2.05) is 6.92 Å². The first-order chi connectivity index (χ1) is 9.32. The fraction of sp³-hybridized carbons (Fsp3) is 0.333. The third-order valence-corrected chi connectivity index (χ3v) is 4.92. The van der Waals surface area contributed by atoms with Crippen LogP contribution >= 0.6 is 0 Å². The highest BCUT2D eigenvalue weighted by molar-refractivity contribution is 7.89. The molecule has 2 N–H and O–H groups in total. The van der Waals surface area contributed by atoms with E-state index in [1.54, 1.807) is 12.1 Å². The van der Waals surface area contributed by atoms with Gasteiger partial charge in [0, 0.05) is 6.54 Å². The number of amides is 1. The van der Waals surface area contributed by atoms with E-state index in [1.165, 1.54) is 12.1 Å². The van der Waals surface area contributed by atoms with Crippen molar-refractivity contribution in [2.75, 3.05) is 13.1 Å². The van der Waals surface area contributed by atoms with Gasteiger partial charge in [0.2, 0.25) is 15.9 Å². The number of sulfonamides is 1. The minimum atomic E-state index is -4.01. The molecule has 1 saturated heterocycles. The largest absolute Gasteiger partial charge is 0.480 e. The molecule has 0 spiro atoms. The lowest BCUT2D eigenvalue weighted by Crippen LogP contribution is -2.59. The van der Waals surface area contributed by atoms with Crippen molar-refractivity contribution in [1.29, 1.82) is 0 Å². The van der Waals surface area contributed by atoms with Gasteiger partial charge in [-0.15, -0.1) is 0 Å². The average Bonchev–Trinajstić information content (AvgIpc) is 2.38. The maximum absolute atomic E-state index is 12.4. The van der Waals surface area contributed by atoms with Crippen molar-refractivity contribution in [2.24, 2.45) is 0 Å². The minimum absolute atomic E-state index is 0.0240. The monoisotopic (exact) mass is 298 g/mol. The Morgan fingerprint density at radius 1 is 1.35 bits per heavy atom. The first-order valence-electron chi connectivity index (χ1n) is 5.90. The highest BCUT2D eigenvalue weighted by atomic mass is 32.2. The van der Waals surface area contributed by atoms with Crippen LogP contribution in [-0.4, -0.2) is 48.8 Å². The fourth-order valence-electron chi connectivity index (χ4n) is 1.93. The van der Waals surface area contributed by atoms with Gasteiger partial charge in [0.25, 0.3) is 0 Å². The fourth-order valence-corrected chi connectivity index (χ4v) is 3.47. The number of rotatable bonds is 3. The second kappa shape index (κ2) is 5.22. The number of hydrogen-bond acceptors (Lipinski definition) is 4. The normalized spacial score (nSPS) is 20.4. The average molecular weight is 298 g/mol. The summed E-state index contributed by atoms with van der Waals surface area (Å²) in [6.07, 6.45) is 0. The summed E-state index contributed by atoms with van der Waals surface area (Å²) in [6, 6.07) is 4.74. The van der Waals surface area contributed by atoms with Gasteiger partial charge in [-0.1, -0.05) is 17.7 Å². The summed E-state index contributed by atoms with van der Waals surface area (Å²) in [6.45, 7) is 1.08. The number of carbonyl (C=O) groups is 2. The Balaban J connectivity index is 2.41. The zero-order valence-electron chi connectivity index (χ0n) is 10.7. The predicted molar refractivity (Wildman–Crippen MR) is 69.5 cm³/mol. The SMILES string of the molecule is Cc1ccc(S(=O)(=O)N2CC(=O)NCC2C(=O)O)cc1. The van der Waals surface area contributed by atoms with Crippen molar-refractivity contribution < 1.29 is 23.1 Å². The number of aryl methyl sites for hydroxylation is 1. The molecule has 1 aromatic rings. The highest BCUT2D eigenvalue weighted by Gasteiger charge is 2.40. The van der Waals surface area contributed by atoms with E-state index in [0.29, 0.717) is 0 Å². The number of nitrogens with one attached hydrogen (secondary N) is 1. The quantitative estimate of drug-likeness (QED) is 0.788. The Bertz CT molecular complexity index is 638. The van der Waals surface area contributed by atoms with Crippen molar-refractivity contribution in [2.45, 2.75) is 17.9 Å². The molecule has 1 atom stereocenters. The Kier molecular flexibility index (Phi) is 3.78. The maximum Gasteiger partial charge on any atom is 0.323 e. The van der Waals surface area contributed by atoms with Gasteiger partial charge in [0.05, 0.1) is 11.4 Å². The van der Waals surface area contributed by atoms with Crippen molar-refractivity contribution in [1.82, 2.24) is 9.62 Å². The van der Waals surface area contributed by atoms with E-state index in [9.17, 15) is 18.0 Å². The van der Waals surface area contributed by atoms with Crippen molar-refractivity contribution in [3.05, 3.63) is 29.8 Å². The summed E-state index contributed by atoms with van der Waals surface area (Å²) in [5.41, 5.74) is 0.884. The van der Waals surface area contributed by atoms with Gasteiger partial charge < -0.3 is 10.4 Å². The number of nitrogens with zero attached hydrogens (tertiary/aromatic N) is 1. The predicted octanol–water partition coefficient (Wildman–Crippen LogP) is -0.431. The number of piperazine rings is 1. The molecule has 0 aromatic heterocycles. The first-order valence-corrected chi connectivity index (χ1v) is 7.34. The number of aliphatic carboxylic acids is 1. The first kappa shape index (κ1) is 14.5. The Labute approximate surface area is 116 Å². The van der Waals surface area contributed by atoms with Gasteiger partial charge in [-0.05, 0) is 19.1 Å². The van der Waals surface area contributed by atoms with Crippen LogP contribution in [-0.2, 0) is 19.6 Å². The van der Waals surface area contributed by atoms with Crippen LogP contribution in [0, 0.1) is 6.92 Å². The van der Waals surface area contributed by atoms with E-state index in [4.69, 9.17) is 5.11 Å². The lowest BCUT2D eigenvalue weighted by molar-refractivity contribution is -0.143. The minimum Gasteiger partial charge on any atom is -0.480 e. The molecule has 1 fully saturated rings. The van der Waals surface area contributed by atoms with Gasteiger partial charge in [0.1, 0.15) is 6.04 Å². The molecule has 108 valence electrons. The number of carboxylic acid groups (broad SMARTS) is 1. The van der Waals surface area contributed by atoms with Crippen molar-refractivity contribution in [3.63, 3.8) is 0 Å². The lowest BCUT2D eigenvalue weighted by Gasteiger charge is -2.31. The van der Waals surface area contributed by atoms with E-state index < -0.39 is 34.5 Å². The molecule has 0 aliphatic carbocycles. The molecule has 1 heterocycles. The van der Waals surface area contributed by atoms with Crippen LogP contribution in [0.1, 0.15) is 5.56 Å². The second-order valence-corrected chi connectivity index (χ2v) is 6.41. The standard InChI is InChI=1S/C12H14N2O5S/c1-8-2-4-9(5-3-8)20(18,19)14-7-11(15)13-6-10(14)12(16)17/h2-5,10H,6-7H2,1H3,(H,13,15)(H,16,17). The molecule has 20 heavy (non-hydrogen) atoms. The molecule has 0 radical (unpaired) electrons. The zero-order valence-corrected chi connectivity index (χ0v) is 11.6. The van der Waals surface area contributed by atoms with Gasteiger partial charge in [0.15, 0.2) is 0 Å². The molecule has 2 rings (SSSR count). The molecular formula is C12H14N2O5S. The third kappa shape index (κ3) is 2.66. The second-order valence-electron chi connectivity index (χ2n) is 4.52. The summed E-state index contributed by atoms with van der Waals surface area (Å²) in [4.78, 5) is 22.5. The molecule has 0 saturated carbocycles. The highest BCUT2D eigenvalue weighted by Crippen LogP contribution is 2.20. The molecule has 1 amide bonds. The lowest BCUT2D eigenvalue weighted by atomic mass is 10.2. The molecular weight excluding hydrogens is 284 g/mol. The summed E-state index contributed by atoms with van der Waals surface area (Å²) in [7, 11) is -4.01. The summed E-state index contributed by atoms with van der Waals surface area (Å²) < 4.78 is 25.6. The summed E-state index contributed by atoms with van der Waals surface area (Å²) in [5.74, 6) is -1.81. The molecule has 1 aromatic carbocycles. The Morgan fingerprint density at radius 2 is 1.95 bits per heavy atom. The van der Waals surface area contributed by atoms with Crippen LogP contribution < -0.4 is 5.32 Å². The number of hydrogen-bond donors (Lipinski definition) is 2. The summed E-state index contributed by atoms with van der Waals surface area (Å²) in [5, 5.41) is 11.4. The number of carboxylic acids is 1. The van der Waals surface area contributed by atoms with E-state index >= 15 is 0 Å². The van der Waals surface area contributed by atoms with Crippen LogP contribution in [0.2, 0.25) is 0 Å². The molecule has 8 heteroatoms. The van der Waals surface area contributed by atoms with E-state index in [2.05, 4.69) is 5.32 Å². The van der Waals surface area contributed by atoms with E-state index in [0.717, 1.165) is 9.87 Å². The van der Waals surface area contributed by atoms with Crippen molar-refractivity contribution in [3.8, 4) is 0 Å². The smallest absolute Gasteiger partial charge is 0.323 e. The van der Waals surface area contributed by atoms with Gasteiger partial charge >= 0.3 is 5.97 Å². The maximum atomic E-state index is 12.4. The van der Waals surface area contributed by atoms with Gasteiger partial charge in [-0.25, -0.2) is 8.42 Å². The van der Waals surface area contributed by atoms with Crippen LogP contribution in [0.25, 0.3) is 0 Å². The van der Waals surface area contributed by atoms with Crippen molar-refractivity contribution >= 4 is 21.9 Å². The third-order valence-electron chi connectivity index (χ3n) is 3.05. The van der Waals surface area contributed by atoms with E-state index in [-0.39, 0.29) is 11.4 Å². The zero-order chi connectivity index (χ0) is 14.9. The van der Waals surface area contributed by atoms with Gasteiger partial charge in [-0.3, -0.25) is 9.59 Å². The van der Waals surface area contributed by atoms with Crippen LogP contribution in [0.5, 0.6) is 0 Å². The molecule has 1 aliphatic heterocycles. The number of benzene rings is 1. The topological polar surface area (TPSA) is 104 Å². The Hall–Kier alpha value is -1.93. The van der Waals surface area contributed by atoms with Crippen LogP contribution in [0.4, 0.5) is 0 Å². The van der Waals surface area contributed by atoms with Gasteiger partial charge in [-0.2, -0.15) is 4.31 Å². The van der Waals surface area contributed by atoms with Crippen LogP contribution in [0.15, 0.2) is 29.2 Å².